The van der Waals surface area contributed by atoms with E-state index in [9.17, 15) is 14.7 Å². The summed E-state index contributed by atoms with van der Waals surface area (Å²) in [6, 6.07) is 15.3. The summed E-state index contributed by atoms with van der Waals surface area (Å²) in [5, 5.41) is 13.0. The van der Waals surface area contributed by atoms with Gasteiger partial charge in [0.2, 0.25) is 0 Å². The Labute approximate surface area is 169 Å². The summed E-state index contributed by atoms with van der Waals surface area (Å²) < 4.78 is 0. The minimum absolute atomic E-state index is 0. The van der Waals surface area contributed by atoms with Gasteiger partial charge < -0.3 is 15.4 Å². The molecule has 0 bridgehead atoms. The maximum absolute atomic E-state index is 12.2. The first-order valence-corrected chi connectivity index (χ1v) is 7.29. The molecule has 1 heterocycles. The zero-order valence-electron chi connectivity index (χ0n) is 12.3. The van der Waals surface area contributed by atoms with Crippen molar-refractivity contribution in [2.45, 2.75) is 12.5 Å². The van der Waals surface area contributed by atoms with Crippen molar-refractivity contribution >= 4 is 60.5 Å². The molecule has 0 unspecified atom stereocenters. The second-order valence-electron chi connectivity index (χ2n) is 5.29. The van der Waals surface area contributed by atoms with Crippen LogP contribution in [0.1, 0.15) is 15.9 Å². The number of amides is 1. The fraction of sp³-hybridized carbons (Fsp3) is 0.111. The number of H-pyrrole nitrogens is 1. The van der Waals surface area contributed by atoms with Crippen LogP contribution in [0.5, 0.6) is 0 Å². The van der Waals surface area contributed by atoms with Crippen molar-refractivity contribution in [3.63, 3.8) is 0 Å². The summed E-state index contributed by atoms with van der Waals surface area (Å²) in [6.45, 7) is 0. The Morgan fingerprint density at radius 1 is 1.04 bits per heavy atom. The molecule has 5 nitrogen and oxygen atoms in total. The second-order valence-corrected chi connectivity index (χ2v) is 5.29. The Bertz CT molecular complexity index is 846. The third-order valence-electron chi connectivity index (χ3n) is 3.74. The summed E-state index contributed by atoms with van der Waals surface area (Å²) in [4.78, 5) is 26.8. The number of carboxylic acid groups (broad SMARTS) is 1. The standard InChI is InChI=1S/C18H16N2O3.Ca.2H/c21-17(12-6-2-1-3-7-12)20-16(18(22)23)10-13-11-19-15-9-5-4-8-14(13)15;;;/h1-9,11,16,19H,10H2,(H,20,21)(H,22,23);;;/t16-;;;/m0.../s1. The number of hydrogen-bond donors (Lipinski definition) is 3. The number of hydrogen-bond acceptors (Lipinski definition) is 2. The van der Waals surface area contributed by atoms with Crippen LogP contribution in [0.4, 0.5) is 0 Å². The Balaban J connectivity index is 0.00000208. The Morgan fingerprint density at radius 3 is 2.42 bits per heavy atom. The van der Waals surface area contributed by atoms with Crippen molar-refractivity contribution in [1.82, 2.24) is 10.3 Å². The van der Waals surface area contributed by atoms with Crippen LogP contribution in [0, 0.1) is 0 Å². The van der Waals surface area contributed by atoms with E-state index in [-0.39, 0.29) is 44.2 Å². The first-order chi connectivity index (χ1) is 11.1. The molecule has 1 amide bonds. The van der Waals surface area contributed by atoms with Gasteiger partial charge in [0.05, 0.1) is 0 Å². The van der Waals surface area contributed by atoms with Crippen LogP contribution >= 0.6 is 0 Å². The Morgan fingerprint density at radius 2 is 1.71 bits per heavy atom. The molecule has 0 saturated heterocycles. The molecule has 1 atom stereocenters. The van der Waals surface area contributed by atoms with Crippen molar-refractivity contribution in [3.05, 3.63) is 71.9 Å². The van der Waals surface area contributed by atoms with E-state index in [1.54, 1.807) is 36.5 Å². The topological polar surface area (TPSA) is 82.2 Å². The number of rotatable bonds is 5. The molecule has 2 aromatic carbocycles. The van der Waals surface area contributed by atoms with E-state index in [4.69, 9.17) is 0 Å². The van der Waals surface area contributed by atoms with Gasteiger partial charge in [0, 0.05) is 29.1 Å². The number of aliphatic carboxylic acids is 1. The van der Waals surface area contributed by atoms with Gasteiger partial charge in [-0.3, -0.25) is 4.79 Å². The SMILES string of the molecule is O=C(N[C@@H](Cc1c[nH]c2ccccc12)C(=O)O)c1ccccc1.[CaH2]. The molecule has 1 aromatic heterocycles. The molecule has 24 heavy (non-hydrogen) atoms. The van der Waals surface area contributed by atoms with E-state index in [1.165, 1.54) is 0 Å². The monoisotopic (exact) mass is 350 g/mol. The molecule has 3 aromatic rings. The van der Waals surface area contributed by atoms with Gasteiger partial charge in [-0.15, -0.1) is 0 Å². The van der Waals surface area contributed by atoms with E-state index >= 15 is 0 Å². The fourth-order valence-corrected chi connectivity index (χ4v) is 2.55. The zero-order valence-corrected chi connectivity index (χ0v) is 12.3. The van der Waals surface area contributed by atoms with Crippen LogP contribution in [0.3, 0.4) is 0 Å². The van der Waals surface area contributed by atoms with Gasteiger partial charge in [-0.2, -0.15) is 0 Å². The first-order valence-electron chi connectivity index (χ1n) is 7.29. The third kappa shape index (κ3) is 4.17. The van der Waals surface area contributed by atoms with Gasteiger partial charge >= 0.3 is 43.7 Å². The van der Waals surface area contributed by atoms with Crippen LogP contribution in [-0.4, -0.2) is 65.7 Å². The molecule has 0 aliphatic carbocycles. The van der Waals surface area contributed by atoms with Crippen molar-refractivity contribution in [2.75, 3.05) is 0 Å². The quantitative estimate of drug-likeness (QED) is 0.612. The van der Waals surface area contributed by atoms with Crippen LogP contribution in [0.2, 0.25) is 0 Å². The van der Waals surface area contributed by atoms with Crippen molar-refractivity contribution in [1.29, 1.82) is 0 Å². The molecule has 0 fully saturated rings. The number of carbonyl (C=O) groups is 2. The molecule has 6 heteroatoms. The number of carbonyl (C=O) groups excluding carboxylic acids is 1. The van der Waals surface area contributed by atoms with E-state index in [2.05, 4.69) is 10.3 Å². The number of para-hydroxylation sites is 1. The van der Waals surface area contributed by atoms with Crippen molar-refractivity contribution < 1.29 is 14.7 Å². The molecule has 0 saturated carbocycles. The average molecular weight is 350 g/mol. The van der Waals surface area contributed by atoms with Crippen molar-refractivity contribution in [3.8, 4) is 0 Å². The van der Waals surface area contributed by atoms with Crippen LogP contribution < -0.4 is 5.32 Å². The van der Waals surface area contributed by atoms with E-state index in [0.29, 0.717) is 5.56 Å². The van der Waals surface area contributed by atoms with Gasteiger partial charge in [-0.05, 0) is 23.8 Å². The van der Waals surface area contributed by atoms with Gasteiger partial charge in [-0.1, -0.05) is 36.4 Å². The number of carboxylic acids is 1. The molecule has 120 valence electrons. The predicted octanol–water partition coefficient (Wildman–Crippen LogP) is 1.68. The Kier molecular flexibility index (Phi) is 6.43. The molecule has 0 aliphatic heterocycles. The molecule has 0 radical (unpaired) electrons. The summed E-state index contributed by atoms with van der Waals surface area (Å²) in [5.41, 5.74) is 2.25. The summed E-state index contributed by atoms with van der Waals surface area (Å²) in [5.74, 6) is -1.45. The van der Waals surface area contributed by atoms with Gasteiger partial charge in [0.15, 0.2) is 0 Å². The molecule has 0 aliphatic rings. The molecule has 3 N–H and O–H groups in total. The molecular formula is C18H18CaN2O3. The minimum atomic E-state index is -1.06. The van der Waals surface area contributed by atoms with Crippen LogP contribution in [0.25, 0.3) is 10.9 Å². The number of benzene rings is 2. The maximum atomic E-state index is 12.2. The van der Waals surface area contributed by atoms with Gasteiger partial charge in [0.1, 0.15) is 6.04 Å². The number of nitrogens with one attached hydrogen (secondary N) is 2. The summed E-state index contributed by atoms with van der Waals surface area (Å²) >= 11 is 0. The fourth-order valence-electron chi connectivity index (χ4n) is 2.55. The van der Waals surface area contributed by atoms with E-state index < -0.39 is 17.9 Å². The summed E-state index contributed by atoms with van der Waals surface area (Å²) in [6.07, 6.45) is 2.01. The average Bonchev–Trinajstić information content (AvgIpc) is 2.98. The normalized spacial score (nSPS) is 11.5. The van der Waals surface area contributed by atoms with Gasteiger partial charge in [-0.25, -0.2) is 4.79 Å². The number of fused-ring (bicyclic) bond motifs is 1. The second kappa shape index (κ2) is 8.33. The van der Waals surface area contributed by atoms with Gasteiger partial charge in [0.25, 0.3) is 5.91 Å². The predicted molar refractivity (Wildman–Crippen MR) is 95.9 cm³/mol. The zero-order chi connectivity index (χ0) is 16.2. The number of aromatic amines is 1. The first kappa shape index (κ1) is 18.5. The number of aromatic nitrogens is 1. The third-order valence-corrected chi connectivity index (χ3v) is 3.74. The molecule has 0 spiro atoms. The van der Waals surface area contributed by atoms with Crippen molar-refractivity contribution in [2.24, 2.45) is 0 Å². The summed E-state index contributed by atoms with van der Waals surface area (Å²) in [7, 11) is 0. The molecular weight excluding hydrogens is 332 g/mol. The molecule has 3 rings (SSSR count). The van der Waals surface area contributed by atoms with Crippen LogP contribution in [-0.2, 0) is 11.2 Å². The Hall–Kier alpha value is -1.82. The van der Waals surface area contributed by atoms with E-state index in [1.807, 2.05) is 24.3 Å². The van der Waals surface area contributed by atoms with E-state index in [0.717, 1.165) is 16.5 Å². The van der Waals surface area contributed by atoms with Crippen LogP contribution in [0.15, 0.2) is 60.8 Å².